The lowest BCUT2D eigenvalue weighted by atomic mass is 9.97. The lowest BCUT2D eigenvalue weighted by Crippen LogP contribution is -2.53. The van der Waals surface area contributed by atoms with Gasteiger partial charge in [0.2, 0.25) is 5.89 Å². The van der Waals surface area contributed by atoms with Crippen molar-refractivity contribution in [3.8, 4) is 0 Å². The predicted molar refractivity (Wildman–Crippen MR) is 134 cm³/mol. The quantitative estimate of drug-likeness (QED) is 0.346. The molecule has 2 fully saturated rings. The van der Waals surface area contributed by atoms with Crippen LogP contribution in [0.15, 0.2) is 9.41 Å². The summed E-state index contributed by atoms with van der Waals surface area (Å²) in [6.07, 6.45) is 2.43. The summed E-state index contributed by atoms with van der Waals surface area (Å²) in [5.74, 6) is 4.31. The summed E-state index contributed by atoms with van der Waals surface area (Å²) >= 11 is 0. The van der Waals surface area contributed by atoms with Crippen LogP contribution in [-0.2, 0) is 6.54 Å². The zero-order valence-electron chi connectivity index (χ0n) is 19.5. The average Bonchev–Trinajstić information content (AvgIpc) is 3.01. The molecule has 0 spiro atoms. The maximum atomic E-state index is 5.74. The number of aliphatic imine (C=N–C) groups is 1. The van der Waals surface area contributed by atoms with Crippen molar-refractivity contribution in [3.05, 3.63) is 17.3 Å². The molecule has 0 unspecified atom stereocenters. The Bertz CT molecular complexity index is 641. The van der Waals surface area contributed by atoms with Crippen LogP contribution in [0.5, 0.6) is 0 Å². The van der Waals surface area contributed by atoms with Gasteiger partial charge in [0.25, 0.3) is 0 Å². The second-order valence-electron chi connectivity index (χ2n) is 9.08. The second-order valence-corrected chi connectivity index (χ2v) is 9.08. The molecule has 3 rings (SSSR count). The molecule has 0 amide bonds. The van der Waals surface area contributed by atoms with Crippen molar-refractivity contribution in [3.63, 3.8) is 0 Å². The number of piperazine rings is 1. The van der Waals surface area contributed by atoms with E-state index in [2.05, 4.69) is 43.8 Å². The Hall–Kier alpha value is -0.870. The van der Waals surface area contributed by atoms with Gasteiger partial charge < -0.3 is 14.6 Å². The molecule has 0 saturated carbocycles. The van der Waals surface area contributed by atoms with Gasteiger partial charge in [-0.15, -0.1) is 24.0 Å². The summed E-state index contributed by atoms with van der Waals surface area (Å²) in [5, 5.41) is 3.65. The molecule has 2 saturated heterocycles. The number of guanidine groups is 1. The summed E-state index contributed by atoms with van der Waals surface area (Å²) in [7, 11) is 1.91. The van der Waals surface area contributed by atoms with Gasteiger partial charge in [-0.25, -0.2) is 4.98 Å². The van der Waals surface area contributed by atoms with Gasteiger partial charge in [0.05, 0.1) is 12.2 Å². The van der Waals surface area contributed by atoms with Crippen LogP contribution in [0.1, 0.15) is 44.0 Å². The molecule has 8 heteroatoms. The van der Waals surface area contributed by atoms with Crippen molar-refractivity contribution in [2.75, 3.05) is 59.4 Å². The molecule has 1 aromatic heterocycles. The molecule has 2 aliphatic rings. The van der Waals surface area contributed by atoms with Crippen molar-refractivity contribution >= 4 is 29.9 Å². The fourth-order valence-corrected chi connectivity index (χ4v) is 4.37. The van der Waals surface area contributed by atoms with Gasteiger partial charge in [0.15, 0.2) is 5.96 Å². The molecular weight excluding hydrogens is 491 g/mol. The molecule has 1 N–H and O–H groups in total. The van der Waals surface area contributed by atoms with E-state index in [1.165, 1.54) is 19.4 Å². The number of rotatable bonds is 6. The van der Waals surface area contributed by atoms with E-state index in [9.17, 15) is 0 Å². The fourth-order valence-electron chi connectivity index (χ4n) is 4.37. The van der Waals surface area contributed by atoms with E-state index < -0.39 is 0 Å². The first-order valence-corrected chi connectivity index (χ1v) is 11.3. The Labute approximate surface area is 199 Å². The van der Waals surface area contributed by atoms with Crippen LogP contribution in [0.4, 0.5) is 0 Å². The zero-order chi connectivity index (χ0) is 20.8. The second kappa shape index (κ2) is 12.2. The van der Waals surface area contributed by atoms with Gasteiger partial charge >= 0.3 is 0 Å². The van der Waals surface area contributed by atoms with Crippen LogP contribution in [0.2, 0.25) is 0 Å². The summed E-state index contributed by atoms with van der Waals surface area (Å²) in [4.78, 5) is 16.5. The lowest BCUT2D eigenvalue weighted by molar-refractivity contribution is 0.157. The van der Waals surface area contributed by atoms with E-state index in [-0.39, 0.29) is 24.0 Å². The number of piperidine rings is 1. The van der Waals surface area contributed by atoms with E-state index in [0.29, 0.717) is 5.92 Å². The lowest BCUT2D eigenvalue weighted by Gasteiger charge is -2.38. The van der Waals surface area contributed by atoms with E-state index >= 15 is 0 Å². The number of aryl methyl sites for hydroxylation is 2. The first-order valence-electron chi connectivity index (χ1n) is 11.3. The standard InChI is InChI=1S/C22H40N6O.HI/c1-17(2)15-27-10-12-28(13-11-27)22(23-5)24-14-20-6-8-26(9-7-20)16-21-25-18(3)19(4)29-21;/h17,20H,6-16H2,1-5H3,(H,23,24);1H. The van der Waals surface area contributed by atoms with E-state index in [1.807, 2.05) is 20.9 Å². The molecule has 0 bridgehead atoms. The summed E-state index contributed by atoms with van der Waals surface area (Å²) < 4.78 is 5.74. The number of nitrogens with one attached hydrogen (secondary N) is 1. The van der Waals surface area contributed by atoms with Crippen LogP contribution in [0.25, 0.3) is 0 Å². The number of hydrogen-bond acceptors (Lipinski definition) is 5. The van der Waals surface area contributed by atoms with E-state index in [4.69, 9.17) is 4.42 Å². The van der Waals surface area contributed by atoms with Gasteiger partial charge in [-0.2, -0.15) is 0 Å². The Morgan fingerprint density at radius 3 is 2.30 bits per heavy atom. The van der Waals surface area contributed by atoms with Gasteiger partial charge in [-0.05, 0) is 51.6 Å². The topological polar surface area (TPSA) is 60.1 Å². The monoisotopic (exact) mass is 532 g/mol. The third-order valence-corrected chi connectivity index (χ3v) is 6.19. The van der Waals surface area contributed by atoms with Crippen molar-refractivity contribution in [2.24, 2.45) is 16.8 Å². The number of aromatic nitrogens is 1. The van der Waals surface area contributed by atoms with Gasteiger partial charge in [0.1, 0.15) is 5.76 Å². The van der Waals surface area contributed by atoms with Crippen molar-refractivity contribution in [2.45, 2.75) is 47.1 Å². The molecule has 0 aromatic carbocycles. The third-order valence-electron chi connectivity index (χ3n) is 6.19. The maximum absolute atomic E-state index is 5.74. The molecular formula is C22H41IN6O. The van der Waals surface area contributed by atoms with Crippen molar-refractivity contribution in [1.29, 1.82) is 0 Å². The van der Waals surface area contributed by atoms with Gasteiger partial charge in [-0.1, -0.05) is 13.8 Å². The SMILES string of the molecule is CN=C(NCC1CCN(Cc2nc(C)c(C)o2)CC1)N1CCN(CC(C)C)CC1.I. The molecule has 0 aliphatic carbocycles. The average molecular weight is 533 g/mol. The van der Waals surface area contributed by atoms with Gasteiger partial charge in [0, 0.05) is 46.3 Å². The third kappa shape index (κ3) is 7.37. The van der Waals surface area contributed by atoms with Gasteiger partial charge in [-0.3, -0.25) is 14.8 Å². The molecule has 30 heavy (non-hydrogen) atoms. The summed E-state index contributed by atoms with van der Waals surface area (Å²) in [6.45, 7) is 18.3. The van der Waals surface area contributed by atoms with E-state index in [0.717, 1.165) is 81.6 Å². The summed E-state index contributed by atoms with van der Waals surface area (Å²) in [5.41, 5.74) is 1.01. The Kier molecular flexibility index (Phi) is 10.4. The Morgan fingerprint density at radius 1 is 1.10 bits per heavy atom. The Morgan fingerprint density at radius 2 is 1.77 bits per heavy atom. The van der Waals surface area contributed by atoms with Crippen LogP contribution < -0.4 is 5.32 Å². The fraction of sp³-hybridized carbons (Fsp3) is 0.818. The molecule has 172 valence electrons. The number of likely N-dealkylation sites (tertiary alicyclic amines) is 1. The highest BCUT2D eigenvalue weighted by Crippen LogP contribution is 2.19. The van der Waals surface area contributed by atoms with Crippen LogP contribution in [-0.4, -0.2) is 85.0 Å². The number of nitrogens with zero attached hydrogens (tertiary/aromatic N) is 5. The largest absolute Gasteiger partial charge is 0.444 e. The van der Waals surface area contributed by atoms with Crippen LogP contribution in [0, 0.1) is 25.7 Å². The van der Waals surface area contributed by atoms with Crippen molar-refractivity contribution < 1.29 is 4.42 Å². The van der Waals surface area contributed by atoms with Crippen LogP contribution >= 0.6 is 24.0 Å². The summed E-state index contributed by atoms with van der Waals surface area (Å²) in [6, 6.07) is 0. The minimum Gasteiger partial charge on any atom is -0.444 e. The number of hydrogen-bond donors (Lipinski definition) is 1. The number of halogens is 1. The molecule has 2 aliphatic heterocycles. The highest BCUT2D eigenvalue weighted by atomic mass is 127. The minimum absolute atomic E-state index is 0. The first kappa shape index (κ1) is 25.4. The normalized spacial score (nSPS) is 19.9. The molecule has 3 heterocycles. The van der Waals surface area contributed by atoms with Crippen molar-refractivity contribution in [1.82, 2.24) is 25.0 Å². The first-order chi connectivity index (χ1) is 13.9. The highest BCUT2D eigenvalue weighted by Gasteiger charge is 2.23. The number of oxazole rings is 1. The molecule has 0 radical (unpaired) electrons. The zero-order valence-corrected chi connectivity index (χ0v) is 21.8. The smallest absolute Gasteiger partial charge is 0.208 e. The maximum Gasteiger partial charge on any atom is 0.208 e. The van der Waals surface area contributed by atoms with Crippen LogP contribution in [0.3, 0.4) is 0 Å². The molecule has 0 atom stereocenters. The highest BCUT2D eigenvalue weighted by molar-refractivity contribution is 14.0. The predicted octanol–water partition coefficient (Wildman–Crippen LogP) is 2.97. The van der Waals surface area contributed by atoms with E-state index in [1.54, 1.807) is 0 Å². The minimum atomic E-state index is 0. The molecule has 7 nitrogen and oxygen atoms in total. The Balaban J connectivity index is 0.00000320. The molecule has 1 aromatic rings.